The summed E-state index contributed by atoms with van der Waals surface area (Å²) >= 11 is 0. The third-order valence-electron chi connectivity index (χ3n) is 3.02. The number of rotatable bonds is 6. The molecule has 2 rings (SSSR count). The topological polar surface area (TPSA) is 72.2 Å². The number of halogens is 1. The van der Waals surface area contributed by atoms with E-state index in [1.54, 1.807) is 36.4 Å². The number of hydrogen-bond acceptors (Lipinski definition) is 3. The Bertz CT molecular complexity index is 700. The Hall–Kier alpha value is -1.76. The van der Waals surface area contributed by atoms with E-state index in [0.29, 0.717) is 18.5 Å². The van der Waals surface area contributed by atoms with Crippen molar-refractivity contribution in [1.82, 2.24) is 4.72 Å². The van der Waals surface area contributed by atoms with Gasteiger partial charge in [-0.15, -0.1) is 0 Å². The van der Waals surface area contributed by atoms with Crippen LogP contribution < -0.4 is 10.5 Å². The van der Waals surface area contributed by atoms with Crippen molar-refractivity contribution in [2.45, 2.75) is 17.9 Å². The Labute approximate surface area is 123 Å². The van der Waals surface area contributed by atoms with Crippen LogP contribution in [-0.4, -0.2) is 15.0 Å². The van der Waals surface area contributed by atoms with Crippen LogP contribution in [0.4, 0.5) is 4.39 Å². The van der Waals surface area contributed by atoms with Crippen LogP contribution in [0.1, 0.15) is 11.1 Å². The maximum Gasteiger partial charge on any atom is 0.240 e. The van der Waals surface area contributed by atoms with E-state index in [1.165, 1.54) is 12.1 Å². The molecule has 2 aromatic rings. The van der Waals surface area contributed by atoms with E-state index in [-0.39, 0.29) is 11.4 Å². The van der Waals surface area contributed by atoms with Crippen molar-refractivity contribution in [3.05, 3.63) is 65.5 Å². The zero-order valence-electron chi connectivity index (χ0n) is 11.4. The molecule has 4 nitrogen and oxygen atoms in total. The van der Waals surface area contributed by atoms with Gasteiger partial charge in [-0.1, -0.05) is 24.3 Å². The van der Waals surface area contributed by atoms with Gasteiger partial charge in [-0.05, 0) is 48.4 Å². The average Bonchev–Trinajstić information content (AvgIpc) is 2.46. The van der Waals surface area contributed by atoms with Gasteiger partial charge in [0.1, 0.15) is 5.82 Å². The van der Waals surface area contributed by atoms with E-state index < -0.39 is 15.8 Å². The molecule has 21 heavy (non-hydrogen) atoms. The van der Waals surface area contributed by atoms with Crippen molar-refractivity contribution >= 4 is 10.0 Å². The smallest absolute Gasteiger partial charge is 0.240 e. The normalized spacial score (nSPS) is 11.5. The highest BCUT2D eigenvalue weighted by molar-refractivity contribution is 7.89. The monoisotopic (exact) mass is 308 g/mol. The fraction of sp³-hybridized carbons (Fsp3) is 0.200. The van der Waals surface area contributed by atoms with Gasteiger partial charge in [0.15, 0.2) is 0 Å². The lowest BCUT2D eigenvalue weighted by molar-refractivity contribution is 0.580. The fourth-order valence-electron chi connectivity index (χ4n) is 1.91. The van der Waals surface area contributed by atoms with Crippen molar-refractivity contribution in [1.29, 1.82) is 0 Å². The second-order valence-corrected chi connectivity index (χ2v) is 6.40. The Morgan fingerprint density at radius 3 is 2.38 bits per heavy atom. The standard InChI is InChI=1S/C15H17FN2O2S/c16-14-3-1-2-13(10-14)11-18-21(19,20)15-6-4-12(5-7-15)8-9-17/h1-7,10,18H,8-9,11,17H2. The number of nitrogens with two attached hydrogens (primary N) is 1. The van der Waals surface area contributed by atoms with Crippen molar-refractivity contribution in [3.8, 4) is 0 Å². The highest BCUT2D eigenvalue weighted by Gasteiger charge is 2.13. The molecule has 0 aliphatic carbocycles. The van der Waals surface area contributed by atoms with Crippen LogP contribution in [0.5, 0.6) is 0 Å². The minimum absolute atomic E-state index is 0.0463. The van der Waals surface area contributed by atoms with E-state index in [9.17, 15) is 12.8 Å². The molecule has 6 heteroatoms. The third-order valence-corrected chi connectivity index (χ3v) is 4.44. The summed E-state index contributed by atoms with van der Waals surface area (Å²) in [4.78, 5) is 0.180. The van der Waals surface area contributed by atoms with E-state index in [4.69, 9.17) is 5.73 Å². The number of hydrogen-bond donors (Lipinski definition) is 2. The zero-order chi connectivity index (χ0) is 15.3. The molecular formula is C15H17FN2O2S. The lowest BCUT2D eigenvalue weighted by atomic mass is 10.2. The summed E-state index contributed by atoms with van der Waals surface area (Å²) in [7, 11) is -3.61. The molecule has 0 fully saturated rings. The van der Waals surface area contributed by atoms with Gasteiger partial charge in [0.05, 0.1) is 4.90 Å². The third kappa shape index (κ3) is 4.35. The molecule has 0 heterocycles. The van der Waals surface area contributed by atoms with Crippen molar-refractivity contribution in [2.75, 3.05) is 6.54 Å². The van der Waals surface area contributed by atoms with Crippen molar-refractivity contribution in [2.24, 2.45) is 5.73 Å². The molecule has 0 atom stereocenters. The van der Waals surface area contributed by atoms with Crippen molar-refractivity contribution in [3.63, 3.8) is 0 Å². The summed E-state index contributed by atoms with van der Waals surface area (Å²) in [6, 6.07) is 12.4. The Balaban J connectivity index is 2.07. The minimum Gasteiger partial charge on any atom is -0.330 e. The highest BCUT2D eigenvalue weighted by Crippen LogP contribution is 2.12. The second-order valence-electron chi connectivity index (χ2n) is 4.64. The molecule has 0 saturated carbocycles. The first-order valence-corrected chi connectivity index (χ1v) is 8.03. The van der Waals surface area contributed by atoms with Gasteiger partial charge < -0.3 is 5.73 Å². The molecule has 0 aliphatic rings. The molecule has 0 saturated heterocycles. The van der Waals surface area contributed by atoms with Crippen LogP contribution in [0.2, 0.25) is 0 Å². The van der Waals surface area contributed by atoms with Crippen LogP contribution in [0.3, 0.4) is 0 Å². The molecule has 0 aromatic heterocycles. The predicted molar refractivity (Wildman–Crippen MR) is 79.6 cm³/mol. The molecule has 0 amide bonds. The summed E-state index contributed by atoms with van der Waals surface area (Å²) in [5, 5.41) is 0. The van der Waals surface area contributed by atoms with Crippen LogP contribution in [-0.2, 0) is 23.0 Å². The average molecular weight is 308 g/mol. The van der Waals surface area contributed by atoms with Crippen LogP contribution in [0, 0.1) is 5.82 Å². The van der Waals surface area contributed by atoms with Gasteiger partial charge in [-0.2, -0.15) is 0 Å². The first kappa shape index (κ1) is 15.6. The molecule has 3 N–H and O–H groups in total. The largest absolute Gasteiger partial charge is 0.330 e. The fourth-order valence-corrected chi connectivity index (χ4v) is 2.93. The van der Waals surface area contributed by atoms with E-state index in [2.05, 4.69) is 4.72 Å². The molecule has 0 radical (unpaired) electrons. The molecule has 0 bridgehead atoms. The minimum atomic E-state index is -3.61. The highest BCUT2D eigenvalue weighted by atomic mass is 32.2. The first-order valence-electron chi connectivity index (χ1n) is 6.54. The van der Waals surface area contributed by atoms with Gasteiger partial charge in [0.25, 0.3) is 0 Å². The van der Waals surface area contributed by atoms with Gasteiger partial charge in [-0.25, -0.2) is 17.5 Å². The quantitative estimate of drug-likeness (QED) is 0.855. The van der Waals surface area contributed by atoms with Crippen LogP contribution in [0.25, 0.3) is 0 Å². The first-order chi connectivity index (χ1) is 10.0. The maximum absolute atomic E-state index is 13.0. The van der Waals surface area contributed by atoms with Gasteiger partial charge in [0.2, 0.25) is 10.0 Å². The lowest BCUT2D eigenvalue weighted by Gasteiger charge is -2.08. The lowest BCUT2D eigenvalue weighted by Crippen LogP contribution is -2.23. The Kier molecular flexibility index (Phi) is 5.06. The molecular weight excluding hydrogens is 291 g/mol. The Morgan fingerprint density at radius 1 is 1.05 bits per heavy atom. The molecule has 0 spiro atoms. The SMILES string of the molecule is NCCc1ccc(S(=O)(=O)NCc2cccc(F)c2)cc1. The summed E-state index contributed by atoms with van der Waals surface area (Å²) in [5.74, 6) is -0.391. The number of benzene rings is 2. The van der Waals surface area contributed by atoms with Gasteiger partial charge in [0, 0.05) is 6.54 Å². The summed E-state index contributed by atoms with van der Waals surface area (Å²) in [5.41, 5.74) is 7.00. The second kappa shape index (κ2) is 6.80. The maximum atomic E-state index is 13.0. The van der Waals surface area contributed by atoms with Crippen LogP contribution in [0.15, 0.2) is 53.4 Å². The van der Waals surface area contributed by atoms with E-state index in [0.717, 1.165) is 5.56 Å². The van der Waals surface area contributed by atoms with Crippen LogP contribution >= 0.6 is 0 Å². The Morgan fingerprint density at radius 2 is 1.76 bits per heavy atom. The number of sulfonamides is 1. The zero-order valence-corrected chi connectivity index (χ0v) is 12.2. The molecule has 0 aliphatic heterocycles. The molecule has 2 aromatic carbocycles. The molecule has 112 valence electrons. The predicted octanol–water partition coefficient (Wildman–Crippen LogP) is 1.81. The summed E-state index contributed by atoms with van der Waals surface area (Å²) < 4.78 is 39.8. The summed E-state index contributed by atoms with van der Waals surface area (Å²) in [6.07, 6.45) is 0.705. The van der Waals surface area contributed by atoms with Gasteiger partial charge >= 0.3 is 0 Å². The number of nitrogens with one attached hydrogen (secondary N) is 1. The van der Waals surface area contributed by atoms with Crippen molar-refractivity contribution < 1.29 is 12.8 Å². The van der Waals surface area contributed by atoms with E-state index in [1.807, 2.05) is 0 Å². The van der Waals surface area contributed by atoms with Gasteiger partial charge in [-0.3, -0.25) is 0 Å². The molecule has 0 unspecified atom stereocenters. The summed E-state index contributed by atoms with van der Waals surface area (Å²) in [6.45, 7) is 0.564. The van der Waals surface area contributed by atoms with E-state index >= 15 is 0 Å².